The minimum atomic E-state index is 0.125. The van der Waals surface area contributed by atoms with Crippen LogP contribution in [-0.4, -0.2) is 34.8 Å². The number of aromatic nitrogens is 2. The number of rotatable bonds is 10. The molecule has 0 saturated heterocycles. The number of aliphatic hydroxyl groups is 1. The van der Waals surface area contributed by atoms with E-state index in [0.29, 0.717) is 13.1 Å². The minimum Gasteiger partial charge on any atom is -0.395 e. The molecule has 0 saturated carbocycles. The van der Waals surface area contributed by atoms with Crippen molar-refractivity contribution in [3.63, 3.8) is 0 Å². The quantitative estimate of drug-likeness (QED) is 0.259. The summed E-state index contributed by atoms with van der Waals surface area (Å²) in [5.74, 6) is 0. The molecular formula is C24H27N5O. The van der Waals surface area contributed by atoms with Crippen LogP contribution in [0.4, 0.5) is 17.1 Å². The van der Waals surface area contributed by atoms with E-state index in [0.717, 1.165) is 35.7 Å². The molecule has 30 heavy (non-hydrogen) atoms. The van der Waals surface area contributed by atoms with Crippen molar-refractivity contribution >= 4 is 28.0 Å². The fourth-order valence-corrected chi connectivity index (χ4v) is 3.47. The number of aromatic amines is 1. The van der Waals surface area contributed by atoms with Crippen molar-refractivity contribution in [2.24, 2.45) is 0 Å². The molecule has 6 nitrogen and oxygen atoms in total. The lowest BCUT2D eigenvalue weighted by Crippen LogP contribution is -2.18. The molecule has 0 atom stereocenters. The van der Waals surface area contributed by atoms with Gasteiger partial charge >= 0.3 is 0 Å². The molecule has 2 heterocycles. The SMILES string of the molecule is OCCNCc1cc(Nc2ccc(NCCc3c[nH]c4ccccc34)cc2)ccn1. The average molecular weight is 402 g/mol. The van der Waals surface area contributed by atoms with Gasteiger partial charge < -0.3 is 26.0 Å². The summed E-state index contributed by atoms with van der Waals surface area (Å²) in [7, 11) is 0. The van der Waals surface area contributed by atoms with E-state index in [-0.39, 0.29) is 6.61 Å². The second kappa shape index (κ2) is 9.91. The van der Waals surface area contributed by atoms with Crippen molar-refractivity contribution in [1.82, 2.24) is 15.3 Å². The van der Waals surface area contributed by atoms with Crippen LogP contribution in [0.5, 0.6) is 0 Å². The van der Waals surface area contributed by atoms with E-state index in [9.17, 15) is 0 Å². The number of para-hydroxylation sites is 1. The van der Waals surface area contributed by atoms with E-state index in [1.807, 2.05) is 12.1 Å². The van der Waals surface area contributed by atoms with E-state index in [1.54, 1.807) is 6.20 Å². The summed E-state index contributed by atoms with van der Waals surface area (Å²) < 4.78 is 0. The first-order chi connectivity index (χ1) is 14.8. The van der Waals surface area contributed by atoms with Crippen LogP contribution in [-0.2, 0) is 13.0 Å². The van der Waals surface area contributed by atoms with Crippen molar-refractivity contribution in [2.75, 3.05) is 30.3 Å². The molecule has 2 aromatic carbocycles. The molecule has 6 heteroatoms. The molecule has 154 valence electrons. The maximum atomic E-state index is 8.86. The molecule has 4 rings (SSSR count). The smallest absolute Gasteiger partial charge is 0.0562 e. The molecule has 0 aliphatic heterocycles. The highest BCUT2D eigenvalue weighted by atomic mass is 16.3. The Labute approximate surface area is 176 Å². The zero-order chi connectivity index (χ0) is 20.6. The summed E-state index contributed by atoms with van der Waals surface area (Å²) in [4.78, 5) is 7.67. The Bertz CT molecular complexity index is 1070. The summed E-state index contributed by atoms with van der Waals surface area (Å²) >= 11 is 0. The standard InChI is InChI=1S/C24H27N5O/c30-14-13-25-17-22-15-21(10-12-27-22)29-20-7-5-19(6-8-20)26-11-9-18-16-28-24-4-2-1-3-23(18)24/h1-8,10,12,15-16,25-26,28,30H,9,11,13-14,17H2,(H,27,29). The maximum absolute atomic E-state index is 8.86. The molecular weight excluding hydrogens is 374 g/mol. The third kappa shape index (κ3) is 5.17. The van der Waals surface area contributed by atoms with Crippen LogP contribution in [0.1, 0.15) is 11.3 Å². The minimum absolute atomic E-state index is 0.125. The van der Waals surface area contributed by atoms with Gasteiger partial charge in [-0.3, -0.25) is 4.98 Å². The van der Waals surface area contributed by atoms with Crippen molar-refractivity contribution in [2.45, 2.75) is 13.0 Å². The predicted octanol–water partition coefficient (Wildman–Crippen LogP) is 4.04. The monoisotopic (exact) mass is 401 g/mol. The third-order valence-corrected chi connectivity index (χ3v) is 4.98. The molecule has 0 bridgehead atoms. The zero-order valence-electron chi connectivity index (χ0n) is 16.9. The van der Waals surface area contributed by atoms with Gasteiger partial charge in [-0.2, -0.15) is 0 Å². The molecule has 0 fully saturated rings. The van der Waals surface area contributed by atoms with Crippen LogP contribution < -0.4 is 16.0 Å². The van der Waals surface area contributed by atoms with Gasteiger partial charge in [0.15, 0.2) is 0 Å². The second-order valence-corrected chi connectivity index (χ2v) is 7.17. The van der Waals surface area contributed by atoms with Gasteiger partial charge in [0, 0.05) is 60.0 Å². The van der Waals surface area contributed by atoms with Crippen LogP contribution >= 0.6 is 0 Å². The number of aliphatic hydroxyl groups excluding tert-OH is 1. The summed E-state index contributed by atoms with van der Waals surface area (Å²) in [5, 5.41) is 20.2. The molecule has 2 aromatic heterocycles. The van der Waals surface area contributed by atoms with Crippen LogP contribution in [0.25, 0.3) is 10.9 Å². The number of fused-ring (bicyclic) bond motifs is 1. The van der Waals surface area contributed by atoms with Crippen molar-refractivity contribution in [3.05, 3.63) is 84.3 Å². The van der Waals surface area contributed by atoms with Crippen LogP contribution in [0.2, 0.25) is 0 Å². The van der Waals surface area contributed by atoms with E-state index in [2.05, 4.69) is 80.6 Å². The number of nitrogens with one attached hydrogen (secondary N) is 4. The van der Waals surface area contributed by atoms with Gasteiger partial charge in [0.1, 0.15) is 0 Å². The van der Waals surface area contributed by atoms with Gasteiger partial charge in [0.2, 0.25) is 0 Å². The van der Waals surface area contributed by atoms with Crippen LogP contribution in [0.3, 0.4) is 0 Å². The Morgan fingerprint density at radius 3 is 2.60 bits per heavy atom. The second-order valence-electron chi connectivity index (χ2n) is 7.17. The highest BCUT2D eigenvalue weighted by Gasteiger charge is 2.03. The zero-order valence-corrected chi connectivity index (χ0v) is 16.9. The van der Waals surface area contributed by atoms with Gasteiger partial charge in [-0.15, -0.1) is 0 Å². The fraction of sp³-hybridized carbons (Fsp3) is 0.208. The lowest BCUT2D eigenvalue weighted by molar-refractivity contribution is 0.291. The third-order valence-electron chi connectivity index (χ3n) is 4.98. The normalized spacial score (nSPS) is 11.0. The van der Waals surface area contributed by atoms with E-state index in [4.69, 9.17) is 5.11 Å². The Hall–Kier alpha value is -3.35. The Morgan fingerprint density at radius 2 is 1.73 bits per heavy atom. The summed E-state index contributed by atoms with van der Waals surface area (Å²) in [6.07, 6.45) is 4.86. The number of hydrogen-bond donors (Lipinski definition) is 5. The number of anilines is 3. The van der Waals surface area contributed by atoms with E-state index < -0.39 is 0 Å². The topological polar surface area (TPSA) is 85.0 Å². The van der Waals surface area contributed by atoms with E-state index >= 15 is 0 Å². The van der Waals surface area contributed by atoms with Crippen molar-refractivity contribution in [1.29, 1.82) is 0 Å². The van der Waals surface area contributed by atoms with Gasteiger partial charge in [-0.25, -0.2) is 0 Å². The summed E-state index contributed by atoms with van der Waals surface area (Å²) in [6, 6.07) is 20.7. The van der Waals surface area contributed by atoms with Crippen LogP contribution in [0.15, 0.2) is 73.1 Å². The van der Waals surface area contributed by atoms with Gasteiger partial charge in [-0.1, -0.05) is 18.2 Å². The summed E-state index contributed by atoms with van der Waals surface area (Å²) in [5.41, 5.74) is 6.57. The Kier molecular flexibility index (Phi) is 6.59. The van der Waals surface area contributed by atoms with Gasteiger partial charge in [0.05, 0.1) is 12.3 Å². The predicted molar refractivity (Wildman–Crippen MR) is 123 cm³/mol. The maximum Gasteiger partial charge on any atom is 0.0562 e. The number of nitrogens with zero attached hydrogens (tertiary/aromatic N) is 1. The van der Waals surface area contributed by atoms with Crippen molar-refractivity contribution in [3.8, 4) is 0 Å². The number of pyridine rings is 1. The average Bonchev–Trinajstić information content (AvgIpc) is 3.19. The largest absolute Gasteiger partial charge is 0.395 e. The molecule has 0 radical (unpaired) electrons. The number of H-pyrrole nitrogens is 1. The Morgan fingerprint density at radius 1 is 0.900 bits per heavy atom. The fourth-order valence-electron chi connectivity index (χ4n) is 3.47. The molecule has 0 spiro atoms. The first-order valence-corrected chi connectivity index (χ1v) is 10.2. The highest BCUT2D eigenvalue weighted by Crippen LogP contribution is 2.20. The van der Waals surface area contributed by atoms with Gasteiger partial charge in [-0.05, 0) is 54.4 Å². The molecule has 0 unspecified atom stereocenters. The summed E-state index contributed by atoms with van der Waals surface area (Å²) in [6.45, 7) is 2.20. The molecule has 0 aliphatic carbocycles. The van der Waals surface area contributed by atoms with Gasteiger partial charge in [0.25, 0.3) is 0 Å². The molecule has 0 amide bonds. The highest BCUT2D eigenvalue weighted by molar-refractivity contribution is 5.83. The number of benzene rings is 2. The lowest BCUT2D eigenvalue weighted by Gasteiger charge is -2.10. The number of hydrogen-bond acceptors (Lipinski definition) is 5. The Balaban J connectivity index is 1.29. The molecule has 5 N–H and O–H groups in total. The first-order valence-electron chi connectivity index (χ1n) is 10.2. The molecule has 0 aliphatic rings. The van der Waals surface area contributed by atoms with E-state index in [1.165, 1.54) is 16.5 Å². The van der Waals surface area contributed by atoms with Crippen molar-refractivity contribution < 1.29 is 5.11 Å². The molecule has 4 aromatic rings. The first kappa shape index (κ1) is 19.9. The van der Waals surface area contributed by atoms with Crippen LogP contribution in [0, 0.1) is 0 Å². The lowest BCUT2D eigenvalue weighted by atomic mass is 10.1.